The first-order valence-electron chi connectivity index (χ1n) is 7.64. The maximum Gasteiger partial charge on any atom is 0.316 e. The predicted molar refractivity (Wildman–Crippen MR) is 88.3 cm³/mol. The first-order chi connectivity index (χ1) is 11.5. The van der Waals surface area contributed by atoms with Crippen LogP contribution in [-0.4, -0.2) is 39.2 Å². The lowest BCUT2D eigenvalue weighted by atomic mass is 10.2. The Morgan fingerprint density at radius 2 is 2.12 bits per heavy atom. The summed E-state index contributed by atoms with van der Waals surface area (Å²) in [5, 5.41) is 8.95. The van der Waals surface area contributed by atoms with Crippen molar-refractivity contribution in [2.24, 2.45) is 7.05 Å². The van der Waals surface area contributed by atoms with E-state index in [-0.39, 0.29) is 23.9 Å². The second kappa shape index (κ2) is 7.12. The predicted octanol–water partition coefficient (Wildman–Crippen LogP) is 2.37. The summed E-state index contributed by atoms with van der Waals surface area (Å²) >= 11 is 1.29. The number of thioether (sulfide) groups is 1. The second-order valence-electron chi connectivity index (χ2n) is 5.59. The minimum absolute atomic E-state index is 0.124. The van der Waals surface area contributed by atoms with E-state index in [2.05, 4.69) is 10.2 Å². The summed E-state index contributed by atoms with van der Waals surface area (Å²) < 4.78 is 18.6. The second-order valence-corrected chi connectivity index (χ2v) is 6.53. The van der Waals surface area contributed by atoms with Crippen molar-refractivity contribution in [2.45, 2.75) is 31.2 Å². The van der Waals surface area contributed by atoms with Gasteiger partial charge in [-0.05, 0) is 26.0 Å². The van der Waals surface area contributed by atoms with Gasteiger partial charge in [-0.2, -0.15) is 0 Å². The molecule has 0 spiro atoms. The minimum atomic E-state index is -0.339. The first-order valence-corrected chi connectivity index (χ1v) is 8.63. The van der Waals surface area contributed by atoms with E-state index >= 15 is 0 Å². The van der Waals surface area contributed by atoms with Crippen LogP contribution in [0, 0.1) is 0 Å². The van der Waals surface area contributed by atoms with Gasteiger partial charge in [-0.15, -0.1) is 10.2 Å². The monoisotopic (exact) mass is 349 g/mol. The van der Waals surface area contributed by atoms with Gasteiger partial charge in [0.2, 0.25) is 0 Å². The van der Waals surface area contributed by atoms with E-state index in [1.807, 2.05) is 49.7 Å². The van der Waals surface area contributed by atoms with Crippen LogP contribution in [0.3, 0.4) is 0 Å². The molecule has 0 unspecified atom stereocenters. The average molecular weight is 349 g/mol. The minimum Gasteiger partial charge on any atom is -0.485 e. The van der Waals surface area contributed by atoms with Gasteiger partial charge in [0.05, 0.1) is 11.9 Å². The zero-order valence-corrected chi connectivity index (χ0v) is 14.6. The van der Waals surface area contributed by atoms with Crippen molar-refractivity contribution < 1.29 is 19.0 Å². The molecule has 2 aromatic rings. The van der Waals surface area contributed by atoms with E-state index in [0.717, 1.165) is 5.75 Å². The molecule has 1 aliphatic heterocycles. The van der Waals surface area contributed by atoms with Crippen LogP contribution in [0.15, 0.2) is 29.4 Å². The van der Waals surface area contributed by atoms with Gasteiger partial charge in [-0.25, -0.2) is 0 Å². The van der Waals surface area contributed by atoms with E-state index in [4.69, 9.17) is 14.2 Å². The van der Waals surface area contributed by atoms with Crippen molar-refractivity contribution in [2.75, 3.05) is 12.4 Å². The zero-order chi connectivity index (χ0) is 17.1. The summed E-state index contributed by atoms with van der Waals surface area (Å²) in [5.74, 6) is 1.98. The van der Waals surface area contributed by atoms with Crippen LogP contribution >= 0.6 is 11.8 Å². The van der Waals surface area contributed by atoms with E-state index in [0.29, 0.717) is 23.3 Å². The molecule has 3 rings (SSSR count). The Hall–Kier alpha value is -2.22. The first kappa shape index (κ1) is 16.6. The zero-order valence-electron chi connectivity index (χ0n) is 13.8. The van der Waals surface area contributed by atoms with E-state index in [1.165, 1.54) is 11.8 Å². The highest BCUT2D eigenvalue weighted by Gasteiger charge is 2.27. The number of ether oxygens (including phenoxy) is 3. The molecule has 0 saturated carbocycles. The summed E-state index contributed by atoms with van der Waals surface area (Å²) in [5.41, 5.74) is 0. The highest BCUT2D eigenvalue weighted by molar-refractivity contribution is 7.99. The topological polar surface area (TPSA) is 75.5 Å². The Kier molecular flexibility index (Phi) is 4.94. The molecule has 1 atom stereocenters. The van der Waals surface area contributed by atoms with Crippen LogP contribution in [0.2, 0.25) is 0 Å². The van der Waals surface area contributed by atoms with Gasteiger partial charge >= 0.3 is 5.97 Å². The molecular formula is C16H19N3O4S. The smallest absolute Gasteiger partial charge is 0.316 e. The molecule has 0 aliphatic carbocycles. The maximum absolute atomic E-state index is 11.6. The molecule has 0 amide bonds. The summed E-state index contributed by atoms with van der Waals surface area (Å²) in [4.78, 5) is 11.6. The molecule has 1 aromatic carbocycles. The quantitative estimate of drug-likeness (QED) is 0.606. The molecule has 1 aromatic heterocycles. The van der Waals surface area contributed by atoms with E-state index < -0.39 is 0 Å². The number of para-hydroxylation sites is 2. The molecule has 2 heterocycles. The largest absolute Gasteiger partial charge is 0.485 e. The van der Waals surface area contributed by atoms with Crippen LogP contribution in [0.1, 0.15) is 25.8 Å². The lowest BCUT2D eigenvalue weighted by Gasteiger charge is -2.25. The normalized spacial score (nSPS) is 16.2. The van der Waals surface area contributed by atoms with Crippen LogP contribution < -0.4 is 9.47 Å². The van der Waals surface area contributed by atoms with Gasteiger partial charge in [-0.3, -0.25) is 4.79 Å². The molecule has 7 nitrogen and oxygen atoms in total. The molecular weight excluding hydrogens is 330 g/mol. The van der Waals surface area contributed by atoms with Crippen molar-refractivity contribution in [3.05, 3.63) is 30.1 Å². The summed E-state index contributed by atoms with van der Waals surface area (Å²) in [7, 11) is 1.84. The fourth-order valence-electron chi connectivity index (χ4n) is 2.30. The number of benzene rings is 1. The fraction of sp³-hybridized carbons (Fsp3) is 0.438. The van der Waals surface area contributed by atoms with Gasteiger partial charge < -0.3 is 18.8 Å². The highest BCUT2D eigenvalue weighted by atomic mass is 32.2. The Bertz CT molecular complexity index is 732. The average Bonchev–Trinajstić information content (AvgIpc) is 2.92. The van der Waals surface area contributed by atoms with Crippen molar-refractivity contribution >= 4 is 17.7 Å². The Morgan fingerprint density at radius 3 is 2.88 bits per heavy atom. The summed E-state index contributed by atoms with van der Waals surface area (Å²) in [6, 6.07) is 7.51. The highest BCUT2D eigenvalue weighted by Crippen LogP contribution is 2.35. The standard InChI is InChI=1S/C16H19N3O4S/c1-10(2)22-14(20)9-24-16-18-17-15(19(16)3)13-8-21-11-6-4-5-7-12(11)23-13/h4-7,10,13H,8-9H2,1-3H3/t13-/m1/s1. The van der Waals surface area contributed by atoms with Crippen LogP contribution in [-0.2, 0) is 16.6 Å². The van der Waals surface area contributed by atoms with Crippen molar-refractivity contribution in [1.29, 1.82) is 0 Å². The molecule has 128 valence electrons. The van der Waals surface area contributed by atoms with Crippen LogP contribution in [0.25, 0.3) is 0 Å². The fourth-order valence-corrected chi connectivity index (χ4v) is 3.00. The van der Waals surface area contributed by atoms with Gasteiger partial charge in [0.15, 0.2) is 28.6 Å². The van der Waals surface area contributed by atoms with Gasteiger partial charge in [-0.1, -0.05) is 23.9 Å². The maximum atomic E-state index is 11.6. The van der Waals surface area contributed by atoms with Crippen LogP contribution in [0.4, 0.5) is 0 Å². The number of aromatic nitrogens is 3. The molecule has 1 aliphatic rings. The van der Waals surface area contributed by atoms with Crippen molar-refractivity contribution in [3.8, 4) is 11.5 Å². The Balaban J connectivity index is 1.66. The number of carbonyl (C=O) groups excluding carboxylic acids is 1. The molecule has 8 heteroatoms. The van der Waals surface area contributed by atoms with Crippen molar-refractivity contribution in [3.63, 3.8) is 0 Å². The number of fused-ring (bicyclic) bond motifs is 1. The van der Waals surface area contributed by atoms with Crippen molar-refractivity contribution in [1.82, 2.24) is 14.8 Å². The molecule has 0 fully saturated rings. The van der Waals surface area contributed by atoms with Gasteiger partial charge in [0, 0.05) is 7.05 Å². The third kappa shape index (κ3) is 3.64. The molecule has 0 N–H and O–H groups in total. The van der Waals surface area contributed by atoms with Gasteiger partial charge in [0.25, 0.3) is 0 Å². The number of rotatable bonds is 5. The summed E-state index contributed by atoms with van der Waals surface area (Å²) in [6.07, 6.45) is -0.463. The number of esters is 1. The third-order valence-electron chi connectivity index (χ3n) is 3.35. The number of hydrogen-bond donors (Lipinski definition) is 0. The number of nitrogens with zero attached hydrogens (tertiary/aromatic N) is 3. The molecule has 0 bridgehead atoms. The molecule has 0 saturated heterocycles. The lowest BCUT2D eigenvalue weighted by molar-refractivity contribution is -0.144. The van der Waals surface area contributed by atoms with E-state index in [1.54, 1.807) is 0 Å². The molecule has 0 radical (unpaired) electrons. The number of carbonyl (C=O) groups is 1. The Labute approximate surface area is 144 Å². The number of hydrogen-bond acceptors (Lipinski definition) is 7. The Morgan fingerprint density at radius 1 is 1.38 bits per heavy atom. The third-order valence-corrected chi connectivity index (χ3v) is 4.35. The van der Waals surface area contributed by atoms with Gasteiger partial charge in [0.1, 0.15) is 6.61 Å². The lowest BCUT2D eigenvalue weighted by Crippen LogP contribution is -2.24. The molecule has 24 heavy (non-hydrogen) atoms. The van der Waals surface area contributed by atoms with Crippen LogP contribution in [0.5, 0.6) is 11.5 Å². The summed E-state index contributed by atoms with van der Waals surface area (Å²) in [6.45, 7) is 4.01. The SMILES string of the molecule is CC(C)OC(=O)CSc1nnc([C@H]2COc3ccccc3O2)n1C. The van der Waals surface area contributed by atoms with E-state index in [9.17, 15) is 4.79 Å².